The Morgan fingerprint density at radius 2 is 1.93 bits per heavy atom. The molecule has 1 saturated heterocycles. The fraction of sp³-hybridized carbons (Fsp3) is 0.455. The number of halogens is 1. The number of rotatable bonds is 1. The van der Waals surface area contributed by atoms with Crippen molar-refractivity contribution in [2.75, 3.05) is 13.1 Å². The first kappa shape index (κ1) is 10.4. The van der Waals surface area contributed by atoms with Gasteiger partial charge in [-0.15, -0.1) is 0 Å². The van der Waals surface area contributed by atoms with E-state index in [2.05, 4.69) is 5.32 Å². The molecule has 3 nitrogen and oxygen atoms in total. The third-order valence-electron chi connectivity index (χ3n) is 2.92. The van der Waals surface area contributed by atoms with E-state index in [0.29, 0.717) is 18.4 Å². The van der Waals surface area contributed by atoms with Crippen molar-refractivity contribution in [3.63, 3.8) is 0 Å². The van der Waals surface area contributed by atoms with Crippen LogP contribution in [0.15, 0.2) is 18.2 Å². The lowest BCUT2D eigenvalue weighted by atomic mass is 9.85. The molecule has 15 heavy (non-hydrogen) atoms. The van der Waals surface area contributed by atoms with Gasteiger partial charge in [-0.3, -0.25) is 0 Å². The average molecular weight is 211 g/mol. The minimum Gasteiger partial charge on any atom is -0.505 e. The molecule has 3 N–H and O–H groups in total. The summed E-state index contributed by atoms with van der Waals surface area (Å²) >= 11 is 0. The number of phenolic OH excluding ortho intramolecular Hbond substituents is 1. The highest BCUT2D eigenvalue weighted by Crippen LogP contribution is 2.32. The lowest BCUT2D eigenvalue weighted by Crippen LogP contribution is -2.39. The quantitative estimate of drug-likeness (QED) is 0.652. The van der Waals surface area contributed by atoms with Crippen molar-refractivity contribution < 1.29 is 14.6 Å². The number of piperidine rings is 1. The van der Waals surface area contributed by atoms with Gasteiger partial charge in [-0.25, -0.2) is 4.39 Å². The van der Waals surface area contributed by atoms with Crippen molar-refractivity contribution in [2.45, 2.75) is 18.4 Å². The van der Waals surface area contributed by atoms with E-state index in [1.807, 2.05) is 0 Å². The van der Waals surface area contributed by atoms with Gasteiger partial charge in [0.05, 0.1) is 5.60 Å². The van der Waals surface area contributed by atoms with Crippen LogP contribution in [0.2, 0.25) is 0 Å². The molecule has 0 atom stereocenters. The van der Waals surface area contributed by atoms with E-state index in [1.54, 1.807) is 6.07 Å². The van der Waals surface area contributed by atoms with Crippen molar-refractivity contribution >= 4 is 0 Å². The summed E-state index contributed by atoms with van der Waals surface area (Å²) in [7, 11) is 0. The summed E-state index contributed by atoms with van der Waals surface area (Å²) in [6.45, 7) is 1.44. The van der Waals surface area contributed by atoms with Crippen LogP contribution < -0.4 is 5.32 Å². The molecule has 0 unspecified atom stereocenters. The molecule has 82 valence electrons. The fourth-order valence-electron chi connectivity index (χ4n) is 1.93. The predicted octanol–water partition coefficient (Wildman–Crippen LogP) is 1.10. The number of aromatic hydroxyl groups is 1. The van der Waals surface area contributed by atoms with Crippen molar-refractivity contribution in [3.8, 4) is 5.75 Å². The molecular formula is C11H14FNO2. The van der Waals surface area contributed by atoms with Crippen LogP contribution in [0.1, 0.15) is 18.4 Å². The highest BCUT2D eigenvalue weighted by atomic mass is 19.1. The van der Waals surface area contributed by atoms with Gasteiger partial charge in [0.25, 0.3) is 0 Å². The molecule has 0 bridgehead atoms. The molecule has 1 aromatic carbocycles. The van der Waals surface area contributed by atoms with Gasteiger partial charge in [0.2, 0.25) is 0 Å². The topological polar surface area (TPSA) is 52.5 Å². The van der Waals surface area contributed by atoms with Crippen LogP contribution in [0.25, 0.3) is 0 Å². The summed E-state index contributed by atoms with van der Waals surface area (Å²) in [5, 5.41) is 22.5. The van der Waals surface area contributed by atoms with Crippen LogP contribution >= 0.6 is 0 Å². The van der Waals surface area contributed by atoms with Gasteiger partial charge in [0, 0.05) is 0 Å². The van der Waals surface area contributed by atoms with Crippen LogP contribution in [-0.2, 0) is 5.60 Å². The number of nitrogens with one attached hydrogen (secondary N) is 1. The van der Waals surface area contributed by atoms with E-state index >= 15 is 0 Å². The number of hydrogen-bond acceptors (Lipinski definition) is 3. The van der Waals surface area contributed by atoms with Gasteiger partial charge >= 0.3 is 0 Å². The Hall–Kier alpha value is -1.13. The van der Waals surface area contributed by atoms with E-state index in [-0.39, 0.29) is 5.75 Å². The zero-order chi connectivity index (χ0) is 10.9. The molecule has 0 saturated carbocycles. The summed E-state index contributed by atoms with van der Waals surface area (Å²) in [5.74, 6) is -1.06. The van der Waals surface area contributed by atoms with E-state index in [0.717, 1.165) is 13.1 Å². The van der Waals surface area contributed by atoms with Crippen LogP contribution in [0.5, 0.6) is 5.75 Å². The zero-order valence-corrected chi connectivity index (χ0v) is 8.33. The largest absolute Gasteiger partial charge is 0.505 e. The van der Waals surface area contributed by atoms with Gasteiger partial charge in [0.1, 0.15) is 0 Å². The number of phenols is 1. The molecule has 0 aromatic heterocycles. The Morgan fingerprint density at radius 3 is 2.53 bits per heavy atom. The second kappa shape index (κ2) is 3.79. The van der Waals surface area contributed by atoms with Gasteiger partial charge in [-0.05, 0) is 43.6 Å². The highest BCUT2D eigenvalue weighted by molar-refractivity contribution is 5.31. The maximum absolute atomic E-state index is 13.1. The molecule has 1 aliphatic heterocycles. The molecule has 0 spiro atoms. The van der Waals surface area contributed by atoms with Gasteiger partial charge in [-0.2, -0.15) is 0 Å². The van der Waals surface area contributed by atoms with Crippen LogP contribution in [0.3, 0.4) is 0 Å². The molecule has 1 aliphatic rings. The normalized spacial score (nSPS) is 20.1. The number of benzene rings is 1. The SMILES string of the molecule is Oc1ccc(C2(O)CCNCC2)cc1F. The Kier molecular flexibility index (Phi) is 2.63. The summed E-state index contributed by atoms with van der Waals surface area (Å²) in [6.07, 6.45) is 1.13. The first-order valence-electron chi connectivity index (χ1n) is 5.04. The Labute approximate surface area is 87.6 Å². The maximum Gasteiger partial charge on any atom is 0.165 e. The highest BCUT2D eigenvalue weighted by Gasteiger charge is 2.31. The summed E-state index contributed by atoms with van der Waals surface area (Å²) < 4.78 is 13.1. The van der Waals surface area contributed by atoms with Crippen LogP contribution in [0.4, 0.5) is 4.39 Å². The van der Waals surface area contributed by atoms with E-state index < -0.39 is 11.4 Å². The minimum absolute atomic E-state index is 0.378. The third kappa shape index (κ3) is 1.96. The Morgan fingerprint density at radius 1 is 1.27 bits per heavy atom. The number of hydrogen-bond donors (Lipinski definition) is 3. The smallest absolute Gasteiger partial charge is 0.165 e. The average Bonchev–Trinajstić information content (AvgIpc) is 2.23. The lowest BCUT2D eigenvalue weighted by molar-refractivity contribution is 0.00563. The standard InChI is InChI=1S/C11H14FNO2/c12-9-7-8(1-2-10(9)14)11(15)3-5-13-6-4-11/h1-2,7,13-15H,3-6H2. The van der Waals surface area contributed by atoms with Crippen molar-refractivity contribution in [1.82, 2.24) is 5.32 Å². The molecule has 1 fully saturated rings. The third-order valence-corrected chi connectivity index (χ3v) is 2.92. The van der Waals surface area contributed by atoms with Crippen molar-refractivity contribution in [3.05, 3.63) is 29.6 Å². The van der Waals surface area contributed by atoms with Crippen LogP contribution in [0, 0.1) is 5.82 Å². The Bertz CT molecular complexity index is 362. The first-order valence-corrected chi connectivity index (χ1v) is 5.04. The molecule has 0 aliphatic carbocycles. The van der Waals surface area contributed by atoms with Gasteiger partial charge in [0.15, 0.2) is 11.6 Å². The van der Waals surface area contributed by atoms with Crippen molar-refractivity contribution in [2.24, 2.45) is 0 Å². The Balaban J connectivity index is 2.31. The zero-order valence-electron chi connectivity index (χ0n) is 8.33. The summed E-state index contributed by atoms with van der Waals surface area (Å²) in [5.41, 5.74) is -0.418. The maximum atomic E-state index is 13.1. The van der Waals surface area contributed by atoms with Crippen LogP contribution in [-0.4, -0.2) is 23.3 Å². The lowest BCUT2D eigenvalue weighted by Gasteiger charge is -2.33. The predicted molar refractivity (Wildman–Crippen MR) is 54.1 cm³/mol. The van der Waals surface area contributed by atoms with Gasteiger partial charge in [-0.1, -0.05) is 6.07 Å². The number of aliphatic hydroxyl groups is 1. The van der Waals surface area contributed by atoms with E-state index in [9.17, 15) is 9.50 Å². The fourth-order valence-corrected chi connectivity index (χ4v) is 1.93. The van der Waals surface area contributed by atoms with E-state index in [1.165, 1.54) is 12.1 Å². The summed E-state index contributed by atoms with van der Waals surface area (Å²) in [6, 6.07) is 4.06. The second-order valence-corrected chi connectivity index (χ2v) is 3.95. The minimum atomic E-state index is -0.959. The molecule has 0 amide bonds. The second-order valence-electron chi connectivity index (χ2n) is 3.95. The molecular weight excluding hydrogens is 197 g/mol. The molecule has 0 radical (unpaired) electrons. The van der Waals surface area contributed by atoms with E-state index in [4.69, 9.17) is 5.11 Å². The van der Waals surface area contributed by atoms with Crippen molar-refractivity contribution in [1.29, 1.82) is 0 Å². The first-order chi connectivity index (χ1) is 7.12. The van der Waals surface area contributed by atoms with Gasteiger partial charge < -0.3 is 15.5 Å². The monoisotopic (exact) mass is 211 g/mol. The molecule has 1 heterocycles. The summed E-state index contributed by atoms with van der Waals surface area (Å²) in [4.78, 5) is 0. The molecule has 2 rings (SSSR count). The molecule has 1 aromatic rings. The molecule has 4 heteroatoms.